The van der Waals surface area contributed by atoms with Crippen LogP contribution in [-0.4, -0.2) is 44.7 Å². The number of rotatable bonds is 8. The lowest BCUT2D eigenvalue weighted by Gasteiger charge is -2.26. The van der Waals surface area contributed by atoms with Gasteiger partial charge in [-0.3, -0.25) is 9.52 Å². The Labute approximate surface area is 214 Å². The number of hydrogen-bond donors (Lipinski definition) is 3. The third kappa shape index (κ3) is 5.80. The van der Waals surface area contributed by atoms with Crippen molar-refractivity contribution in [1.29, 1.82) is 0 Å². The van der Waals surface area contributed by atoms with Crippen molar-refractivity contribution in [3.63, 3.8) is 0 Å². The van der Waals surface area contributed by atoms with Gasteiger partial charge in [0.05, 0.1) is 17.7 Å². The van der Waals surface area contributed by atoms with Crippen LogP contribution < -0.4 is 14.8 Å². The van der Waals surface area contributed by atoms with Crippen molar-refractivity contribution in [3.05, 3.63) is 48.2 Å². The molecule has 1 atom stereocenters. The van der Waals surface area contributed by atoms with Crippen molar-refractivity contribution in [2.24, 2.45) is 11.8 Å². The molecule has 0 bridgehead atoms. The smallest absolute Gasteiger partial charge is 0.265 e. The van der Waals surface area contributed by atoms with Crippen LogP contribution in [0.4, 0.5) is 10.8 Å². The van der Waals surface area contributed by atoms with Crippen LogP contribution in [0.1, 0.15) is 25.5 Å². The monoisotopic (exact) mass is 531 g/mol. The number of aromatic nitrogens is 1. The number of benzene rings is 2. The minimum Gasteiger partial charge on any atom is -0.508 e. The molecule has 2 aromatic carbocycles. The first-order valence-corrected chi connectivity index (χ1v) is 13.8. The zero-order chi connectivity index (χ0) is 25.9. The Morgan fingerprint density at radius 1 is 1.19 bits per heavy atom. The number of ether oxygens (including phenoxy) is 2. The fourth-order valence-electron chi connectivity index (χ4n) is 4.13. The Morgan fingerprint density at radius 3 is 2.56 bits per heavy atom. The topological polar surface area (TPSA) is 127 Å². The molecule has 1 aliphatic rings. The maximum absolute atomic E-state index is 13.2. The summed E-state index contributed by atoms with van der Waals surface area (Å²) in [7, 11) is -2.60. The van der Waals surface area contributed by atoms with Crippen LogP contribution in [0.15, 0.2) is 47.4 Å². The summed E-state index contributed by atoms with van der Waals surface area (Å²) in [5.41, 5.74) is 1.61. The molecule has 0 radical (unpaired) electrons. The van der Waals surface area contributed by atoms with Crippen molar-refractivity contribution in [1.82, 2.24) is 4.98 Å². The van der Waals surface area contributed by atoms with Crippen LogP contribution in [-0.2, 0) is 19.6 Å². The minimum atomic E-state index is -4.00. The highest BCUT2D eigenvalue weighted by Crippen LogP contribution is 2.37. The second-order valence-electron chi connectivity index (χ2n) is 8.68. The van der Waals surface area contributed by atoms with Crippen molar-refractivity contribution < 1.29 is 27.8 Å². The van der Waals surface area contributed by atoms with Gasteiger partial charge in [-0.1, -0.05) is 18.3 Å². The van der Waals surface area contributed by atoms with Crippen LogP contribution in [0.3, 0.4) is 0 Å². The lowest BCUT2D eigenvalue weighted by atomic mass is 9.87. The van der Waals surface area contributed by atoms with E-state index in [9.17, 15) is 18.3 Å². The van der Waals surface area contributed by atoms with Crippen molar-refractivity contribution >= 4 is 38.1 Å². The van der Waals surface area contributed by atoms with Crippen LogP contribution >= 0.6 is 11.3 Å². The Bertz CT molecular complexity index is 1330. The van der Waals surface area contributed by atoms with Gasteiger partial charge < -0.3 is 19.9 Å². The van der Waals surface area contributed by atoms with Crippen molar-refractivity contribution in [3.8, 4) is 21.9 Å². The molecule has 2 heterocycles. The number of carbonyl (C=O) groups excluding carboxylic acids is 1. The first kappa shape index (κ1) is 25.9. The second-order valence-corrected chi connectivity index (χ2v) is 11.3. The van der Waals surface area contributed by atoms with E-state index >= 15 is 0 Å². The maximum Gasteiger partial charge on any atom is 0.265 e. The number of amides is 1. The molecule has 1 fully saturated rings. The van der Waals surface area contributed by atoms with E-state index < -0.39 is 10.0 Å². The van der Waals surface area contributed by atoms with Crippen molar-refractivity contribution in [2.75, 3.05) is 30.4 Å². The maximum atomic E-state index is 13.2. The zero-order valence-electron chi connectivity index (χ0n) is 20.3. The first-order chi connectivity index (χ1) is 17.2. The molecule has 4 rings (SSSR count). The van der Waals surface area contributed by atoms with E-state index in [0.717, 1.165) is 17.7 Å². The molecule has 36 heavy (non-hydrogen) atoms. The number of methoxy groups -OCH3 is 1. The van der Waals surface area contributed by atoms with Crippen LogP contribution in [0, 0.1) is 18.8 Å². The van der Waals surface area contributed by atoms with Gasteiger partial charge in [0.2, 0.25) is 5.91 Å². The van der Waals surface area contributed by atoms with Gasteiger partial charge in [0.1, 0.15) is 16.4 Å². The largest absolute Gasteiger partial charge is 0.508 e. The molecule has 1 aliphatic heterocycles. The summed E-state index contributed by atoms with van der Waals surface area (Å²) < 4.78 is 39.6. The Hall–Kier alpha value is -3.15. The van der Waals surface area contributed by atoms with Gasteiger partial charge in [-0.05, 0) is 73.7 Å². The molecule has 11 heteroatoms. The molecule has 1 amide bonds. The second kappa shape index (κ2) is 10.9. The van der Waals surface area contributed by atoms with Gasteiger partial charge in [0, 0.05) is 24.8 Å². The summed E-state index contributed by atoms with van der Waals surface area (Å²) in [5, 5.41) is 12.9. The summed E-state index contributed by atoms with van der Waals surface area (Å²) in [5.74, 6) is 0.243. The average Bonchev–Trinajstić information content (AvgIpc) is 3.24. The van der Waals surface area contributed by atoms with Gasteiger partial charge in [0.25, 0.3) is 10.0 Å². The van der Waals surface area contributed by atoms with Gasteiger partial charge in [-0.25, -0.2) is 13.4 Å². The van der Waals surface area contributed by atoms with E-state index in [1.807, 2.05) is 13.8 Å². The van der Waals surface area contributed by atoms with E-state index in [1.165, 1.54) is 48.8 Å². The van der Waals surface area contributed by atoms with Gasteiger partial charge >= 0.3 is 0 Å². The number of nitrogens with zero attached hydrogens (tertiary/aromatic N) is 1. The predicted molar refractivity (Wildman–Crippen MR) is 139 cm³/mol. The van der Waals surface area contributed by atoms with E-state index in [2.05, 4.69) is 15.0 Å². The molecule has 3 aromatic rings. The number of carbonyl (C=O) groups is 1. The zero-order valence-corrected chi connectivity index (χ0v) is 21.9. The summed E-state index contributed by atoms with van der Waals surface area (Å²) in [6.45, 7) is 5.09. The molecule has 192 valence electrons. The van der Waals surface area contributed by atoms with Crippen LogP contribution in [0.5, 0.6) is 11.5 Å². The fourth-order valence-corrected chi connectivity index (χ4v) is 6.35. The molecule has 0 spiro atoms. The molecule has 9 nitrogen and oxygen atoms in total. The van der Waals surface area contributed by atoms with Crippen LogP contribution in [0.25, 0.3) is 10.4 Å². The van der Waals surface area contributed by atoms with Gasteiger partial charge in [-0.2, -0.15) is 0 Å². The lowest BCUT2D eigenvalue weighted by molar-refractivity contribution is -0.122. The van der Waals surface area contributed by atoms with Crippen molar-refractivity contribution in [2.45, 2.75) is 31.6 Å². The molecule has 3 N–H and O–H groups in total. The normalized spacial score (nSPS) is 15.3. The number of hydrogen-bond acceptors (Lipinski definition) is 8. The minimum absolute atomic E-state index is 0.0308. The number of thiazole rings is 1. The summed E-state index contributed by atoms with van der Waals surface area (Å²) in [6.07, 6.45) is 1.72. The summed E-state index contributed by atoms with van der Waals surface area (Å²) in [4.78, 5) is 18.0. The predicted octanol–water partition coefficient (Wildman–Crippen LogP) is 4.63. The number of phenolic OH excluding ortho intramolecular Hbond substituents is 1. The highest BCUT2D eigenvalue weighted by Gasteiger charge is 2.27. The Balaban J connectivity index is 1.58. The molecule has 1 aromatic heterocycles. The number of anilines is 2. The fraction of sp³-hybridized carbons (Fsp3) is 0.360. The first-order valence-electron chi connectivity index (χ1n) is 11.5. The Kier molecular flexibility index (Phi) is 7.82. The van der Waals surface area contributed by atoms with E-state index in [4.69, 9.17) is 9.47 Å². The molecule has 1 saturated heterocycles. The number of nitrogens with one attached hydrogen (secondary N) is 2. The molecule has 0 aliphatic carbocycles. The van der Waals surface area contributed by atoms with Gasteiger partial charge in [-0.15, -0.1) is 0 Å². The number of aryl methyl sites for hydroxylation is 1. The molecular formula is C25H29N3O6S2. The molecule has 1 unspecified atom stereocenters. The molecular weight excluding hydrogens is 502 g/mol. The van der Waals surface area contributed by atoms with E-state index in [-0.39, 0.29) is 34.1 Å². The average molecular weight is 532 g/mol. The number of aromatic hydroxyl groups is 1. The summed E-state index contributed by atoms with van der Waals surface area (Å²) in [6, 6.07) is 10.6. The number of sulfonamides is 1. The highest BCUT2D eigenvalue weighted by molar-refractivity contribution is 7.92. The van der Waals surface area contributed by atoms with E-state index in [0.29, 0.717) is 35.3 Å². The summed E-state index contributed by atoms with van der Waals surface area (Å²) >= 11 is 1.29. The van der Waals surface area contributed by atoms with E-state index in [1.54, 1.807) is 12.1 Å². The SMILES string of the molecule is COc1ccc(-c2sc(NC(=O)C(C)C3CCOCC3)nc2C)cc1S(=O)(=O)Nc1ccc(O)cc1. The lowest BCUT2D eigenvalue weighted by Crippen LogP contribution is -2.30. The van der Waals surface area contributed by atoms with Gasteiger partial charge in [0.15, 0.2) is 5.13 Å². The third-order valence-electron chi connectivity index (χ3n) is 6.25. The quantitative estimate of drug-likeness (QED) is 0.362. The van der Waals surface area contributed by atoms with Crippen LogP contribution in [0.2, 0.25) is 0 Å². The third-order valence-corrected chi connectivity index (χ3v) is 8.77. The molecule has 0 saturated carbocycles. The standard InChI is InChI=1S/C25H29N3O6S2/c1-15(17-10-12-34-13-11-17)24(30)27-25-26-16(2)23(35-25)18-4-9-21(33-3)22(14-18)36(31,32)28-19-5-7-20(29)8-6-19/h4-9,14-15,17,28-29H,10-13H2,1-3H3,(H,26,27,30). The number of phenols is 1. The Morgan fingerprint density at radius 2 is 1.89 bits per heavy atom. The highest BCUT2D eigenvalue weighted by atomic mass is 32.2.